The van der Waals surface area contributed by atoms with Crippen LogP contribution in [0.3, 0.4) is 0 Å². The third-order valence-corrected chi connectivity index (χ3v) is 3.91. The molecule has 0 bridgehead atoms. The number of aromatic nitrogens is 1. The van der Waals surface area contributed by atoms with E-state index in [1.54, 1.807) is 6.07 Å². The van der Waals surface area contributed by atoms with E-state index < -0.39 is 5.97 Å². The molecule has 1 N–H and O–H groups in total. The second-order valence-electron chi connectivity index (χ2n) is 5.29. The summed E-state index contributed by atoms with van der Waals surface area (Å²) in [4.78, 5) is 17.4. The molecule has 18 heavy (non-hydrogen) atoms. The molecule has 0 aliphatic carbocycles. The first kappa shape index (κ1) is 13.0. The number of aromatic carboxylic acids is 1. The van der Waals surface area contributed by atoms with E-state index in [-0.39, 0.29) is 5.69 Å². The summed E-state index contributed by atoms with van der Waals surface area (Å²) in [5.74, 6) is 0.488. The normalized spacial score (nSPS) is 25.0. The van der Waals surface area contributed by atoms with Crippen molar-refractivity contribution >= 4 is 5.97 Å². The number of hydrogen-bond donors (Lipinski definition) is 1. The molecule has 1 aromatic rings. The largest absolute Gasteiger partial charge is 0.477 e. The van der Waals surface area contributed by atoms with Crippen molar-refractivity contribution in [3.8, 4) is 0 Å². The minimum atomic E-state index is -0.941. The molecule has 2 atom stereocenters. The molecule has 1 aliphatic rings. The molecule has 0 radical (unpaired) electrons. The predicted octanol–water partition coefficient (Wildman–Crippen LogP) is 2.26. The highest BCUT2D eigenvalue weighted by Crippen LogP contribution is 2.24. The van der Waals surface area contributed by atoms with Gasteiger partial charge in [0.1, 0.15) is 0 Å². The van der Waals surface area contributed by atoms with Crippen molar-refractivity contribution in [1.29, 1.82) is 0 Å². The highest BCUT2D eigenvalue weighted by molar-refractivity contribution is 5.86. The first-order valence-electron chi connectivity index (χ1n) is 6.47. The van der Waals surface area contributed by atoms with Gasteiger partial charge in [0.25, 0.3) is 0 Å². The number of rotatable bonds is 3. The average Bonchev–Trinajstić information content (AvgIpc) is 2.34. The minimum absolute atomic E-state index is 0.184. The van der Waals surface area contributed by atoms with E-state index in [0.717, 1.165) is 24.6 Å². The van der Waals surface area contributed by atoms with Crippen molar-refractivity contribution in [2.24, 2.45) is 11.8 Å². The van der Waals surface area contributed by atoms with Crippen LogP contribution in [0.25, 0.3) is 0 Å². The highest BCUT2D eigenvalue weighted by atomic mass is 16.4. The number of likely N-dealkylation sites (tertiary alicyclic amines) is 1. The summed E-state index contributed by atoms with van der Waals surface area (Å²) in [6, 6.07) is 3.66. The van der Waals surface area contributed by atoms with Gasteiger partial charge >= 0.3 is 5.97 Å². The Kier molecular flexibility index (Phi) is 3.97. The third-order valence-electron chi connectivity index (χ3n) is 3.91. The van der Waals surface area contributed by atoms with Crippen LogP contribution in [-0.2, 0) is 6.54 Å². The molecule has 1 aliphatic heterocycles. The van der Waals surface area contributed by atoms with E-state index in [9.17, 15) is 4.79 Å². The molecule has 1 aromatic heterocycles. The van der Waals surface area contributed by atoms with E-state index >= 15 is 0 Å². The second-order valence-corrected chi connectivity index (χ2v) is 5.29. The van der Waals surface area contributed by atoms with Gasteiger partial charge in [0, 0.05) is 19.3 Å². The Hall–Kier alpha value is -1.42. The number of hydrogen-bond acceptors (Lipinski definition) is 3. The Morgan fingerprint density at radius 2 is 2.28 bits per heavy atom. The van der Waals surface area contributed by atoms with Crippen molar-refractivity contribution in [1.82, 2.24) is 9.88 Å². The van der Waals surface area contributed by atoms with Gasteiger partial charge in [-0.2, -0.15) is 0 Å². The first-order valence-corrected chi connectivity index (χ1v) is 6.47. The van der Waals surface area contributed by atoms with Gasteiger partial charge in [-0.25, -0.2) is 9.78 Å². The number of carbonyl (C=O) groups is 1. The van der Waals surface area contributed by atoms with Crippen molar-refractivity contribution < 1.29 is 9.90 Å². The molecule has 0 spiro atoms. The fourth-order valence-electron chi connectivity index (χ4n) is 2.49. The molecule has 4 nitrogen and oxygen atoms in total. The molecule has 4 heteroatoms. The lowest BCUT2D eigenvalue weighted by Gasteiger charge is -2.35. The molecule has 98 valence electrons. The van der Waals surface area contributed by atoms with Gasteiger partial charge in [0.05, 0.1) is 0 Å². The van der Waals surface area contributed by atoms with Crippen LogP contribution >= 0.6 is 0 Å². The van der Waals surface area contributed by atoms with Crippen LogP contribution in [0.4, 0.5) is 0 Å². The number of carboxylic acid groups (broad SMARTS) is 1. The average molecular weight is 248 g/mol. The Morgan fingerprint density at radius 1 is 1.50 bits per heavy atom. The van der Waals surface area contributed by atoms with Crippen LogP contribution < -0.4 is 0 Å². The topological polar surface area (TPSA) is 53.4 Å². The third kappa shape index (κ3) is 2.88. The lowest BCUT2D eigenvalue weighted by Crippen LogP contribution is -2.38. The fourth-order valence-corrected chi connectivity index (χ4v) is 2.49. The lowest BCUT2D eigenvalue weighted by atomic mass is 9.88. The molecule has 0 amide bonds. The number of pyridine rings is 1. The standard InChI is InChI=1S/C14H20N2O2/c1-10-5-7-16(8-11(10)2)9-12-4-3-6-15-13(12)14(17)18/h3-4,6,10-11H,5,7-9H2,1-2H3,(H,17,18). The van der Waals surface area contributed by atoms with Crippen molar-refractivity contribution in [2.45, 2.75) is 26.8 Å². The van der Waals surface area contributed by atoms with Crippen LogP contribution in [-0.4, -0.2) is 34.0 Å². The van der Waals surface area contributed by atoms with Gasteiger partial charge in [-0.1, -0.05) is 19.9 Å². The Labute approximate surface area is 108 Å². The zero-order chi connectivity index (χ0) is 13.1. The summed E-state index contributed by atoms with van der Waals surface area (Å²) in [6.07, 6.45) is 2.72. The lowest BCUT2D eigenvalue weighted by molar-refractivity contribution is 0.0686. The van der Waals surface area contributed by atoms with Crippen molar-refractivity contribution in [3.63, 3.8) is 0 Å². The second kappa shape index (κ2) is 5.48. The zero-order valence-electron chi connectivity index (χ0n) is 11.0. The number of carboxylic acids is 1. The molecule has 2 heterocycles. The van der Waals surface area contributed by atoms with E-state index in [1.807, 2.05) is 6.07 Å². The summed E-state index contributed by atoms with van der Waals surface area (Å²) in [5.41, 5.74) is 0.996. The van der Waals surface area contributed by atoms with Gasteiger partial charge in [0.2, 0.25) is 0 Å². The molecule has 1 saturated heterocycles. The molecule has 0 saturated carbocycles. The highest BCUT2D eigenvalue weighted by Gasteiger charge is 2.23. The van der Waals surface area contributed by atoms with Crippen LogP contribution in [0, 0.1) is 11.8 Å². The van der Waals surface area contributed by atoms with E-state index in [0.29, 0.717) is 12.5 Å². The van der Waals surface area contributed by atoms with E-state index in [4.69, 9.17) is 5.11 Å². The molecule has 0 aromatic carbocycles. The smallest absolute Gasteiger partial charge is 0.354 e. The summed E-state index contributed by atoms with van der Waals surface area (Å²) < 4.78 is 0. The van der Waals surface area contributed by atoms with Gasteiger partial charge in [-0.15, -0.1) is 0 Å². The maximum Gasteiger partial charge on any atom is 0.354 e. The SMILES string of the molecule is CC1CCN(Cc2cccnc2C(=O)O)CC1C. The minimum Gasteiger partial charge on any atom is -0.477 e. The van der Waals surface area contributed by atoms with Crippen molar-refractivity contribution in [3.05, 3.63) is 29.6 Å². The Morgan fingerprint density at radius 3 is 2.94 bits per heavy atom. The van der Waals surface area contributed by atoms with Crippen molar-refractivity contribution in [2.75, 3.05) is 13.1 Å². The number of nitrogens with zero attached hydrogens (tertiary/aromatic N) is 2. The monoisotopic (exact) mass is 248 g/mol. The number of piperidine rings is 1. The van der Waals surface area contributed by atoms with Gasteiger partial charge < -0.3 is 5.11 Å². The maximum absolute atomic E-state index is 11.1. The first-order chi connectivity index (χ1) is 8.58. The summed E-state index contributed by atoms with van der Waals surface area (Å²) >= 11 is 0. The molecule has 2 rings (SSSR count). The summed E-state index contributed by atoms with van der Waals surface area (Å²) in [6.45, 7) is 7.31. The zero-order valence-corrected chi connectivity index (χ0v) is 11.0. The molecular formula is C14H20N2O2. The van der Waals surface area contributed by atoms with Crippen LogP contribution in [0.1, 0.15) is 36.3 Å². The molecular weight excluding hydrogens is 228 g/mol. The maximum atomic E-state index is 11.1. The quantitative estimate of drug-likeness (QED) is 0.891. The molecule has 2 unspecified atom stereocenters. The van der Waals surface area contributed by atoms with Gasteiger partial charge in [-0.3, -0.25) is 4.90 Å². The fraction of sp³-hybridized carbons (Fsp3) is 0.571. The van der Waals surface area contributed by atoms with Crippen LogP contribution in [0.5, 0.6) is 0 Å². The summed E-state index contributed by atoms with van der Waals surface area (Å²) in [5, 5.41) is 9.11. The van der Waals surface area contributed by atoms with Gasteiger partial charge in [0.15, 0.2) is 5.69 Å². The predicted molar refractivity (Wildman–Crippen MR) is 69.4 cm³/mol. The molecule has 1 fully saturated rings. The Bertz CT molecular complexity index is 434. The van der Waals surface area contributed by atoms with E-state index in [2.05, 4.69) is 23.7 Å². The van der Waals surface area contributed by atoms with Gasteiger partial charge in [-0.05, 0) is 36.4 Å². The van der Waals surface area contributed by atoms with Crippen LogP contribution in [0.15, 0.2) is 18.3 Å². The Balaban J connectivity index is 2.08. The van der Waals surface area contributed by atoms with Crippen LogP contribution in [0.2, 0.25) is 0 Å². The van der Waals surface area contributed by atoms with E-state index in [1.165, 1.54) is 12.6 Å². The summed E-state index contributed by atoms with van der Waals surface area (Å²) in [7, 11) is 0.